The van der Waals surface area contributed by atoms with Crippen LogP contribution in [0.25, 0.3) is 0 Å². The van der Waals surface area contributed by atoms with Crippen LogP contribution in [-0.2, 0) is 39.6 Å². The van der Waals surface area contributed by atoms with Crippen LogP contribution in [0.2, 0.25) is 0 Å². The van der Waals surface area contributed by atoms with Crippen molar-refractivity contribution < 1.29 is 39.6 Å². The average Bonchev–Trinajstić information content (AvgIpc) is 2.77. The number of carbonyl (C=O) groups excluding carboxylic acids is 4. The Kier molecular flexibility index (Phi) is 7.59. The summed E-state index contributed by atoms with van der Waals surface area (Å²) in [6.45, 7) is -2.97. The van der Waals surface area contributed by atoms with Gasteiger partial charge in [0.15, 0.2) is 0 Å². The molecule has 0 unspecified atom stereocenters. The monoisotopic (exact) mass is 592 g/mol. The van der Waals surface area contributed by atoms with E-state index < -0.39 is 11.8 Å². The fourth-order valence-electron chi connectivity index (χ4n) is 3.00. The van der Waals surface area contributed by atoms with Crippen molar-refractivity contribution in [1.82, 2.24) is 0 Å². The molecule has 0 aromatic heterocycles. The van der Waals surface area contributed by atoms with Gasteiger partial charge in [-0.3, -0.25) is 0 Å². The van der Waals surface area contributed by atoms with Crippen molar-refractivity contribution in [3.8, 4) is 0 Å². The summed E-state index contributed by atoms with van der Waals surface area (Å²) < 4.78 is 0. The third kappa shape index (κ3) is 3.93. The molecule has 7 heteroatoms. The van der Waals surface area contributed by atoms with Crippen LogP contribution in [0.5, 0.6) is 0 Å². The molecule has 29 heavy (non-hydrogen) atoms. The van der Waals surface area contributed by atoms with Crippen LogP contribution < -0.4 is 36.8 Å². The molecule has 0 heterocycles. The third-order valence-corrected chi connectivity index (χ3v) is 9.03. The van der Waals surface area contributed by atoms with Gasteiger partial charge in [0.25, 0.3) is 0 Å². The average molecular weight is 592 g/mol. The number of halogens is 1. The van der Waals surface area contributed by atoms with Gasteiger partial charge in [0.2, 0.25) is 6.62 Å². The molecule has 4 nitrogen and oxygen atoms in total. The molecule has 0 N–H and O–H groups in total. The fraction of sp³-hybridized carbons (Fsp3) is 0. The van der Waals surface area contributed by atoms with Crippen LogP contribution in [-0.4, -0.2) is 23.8 Å². The Bertz CT molecular complexity index is 1350. The first-order valence-corrected chi connectivity index (χ1v) is 10.7. The molecule has 0 saturated heterocycles. The van der Waals surface area contributed by atoms with E-state index in [1.54, 1.807) is 66.4 Å². The molecule has 0 bridgehead atoms. The number of benzene rings is 3. The summed E-state index contributed by atoms with van der Waals surface area (Å²) in [7, 11) is 0. The summed E-state index contributed by atoms with van der Waals surface area (Å²) in [4.78, 5) is 46.1. The van der Waals surface area contributed by atoms with Gasteiger partial charge < -0.3 is 0 Å². The number of hydrogen-bond donors (Lipinski definition) is 0. The van der Waals surface area contributed by atoms with Crippen LogP contribution in [0.1, 0.15) is 0 Å². The van der Waals surface area contributed by atoms with E-state index >= 15 is 0 Å². The zero-order valence-electron chi connectivity index (χ0n) is 14.7. The maximum Gasteiger partial charge on any atom is 0.211 e. The summed E-state index contributed by atoms with van der Waals surface area (Å²) in [5.41, 5.74) is 0. The smallest absolute Gasteiger partial charge is 0.211 e. The van der Waals surface area contributed by atoms with Gasteiger partial charge in [-0.2, -0.15) is 0 Å². The van der Waals surface area contributed by atoms with Gasteiger partial charge in [-0.05, 0) is 24.3 Å². The van der Waals surface area contributed by atoms with E-state index in [-0.39, 0.29) is 41.4 Å². The molecule has 3 aromatic carbocycles. The summed E-state index contributed by atoms with van der Waals surface area (Å²) in [5.74, 6) is 6.41. The largest absolute Gasteiger partial charge is 0.233 e. The molecular weight excluding hydrogens is 581 g/mol. The molecule has 3 aromatic rings. The van der Waals surface area contributed by atoms with E-state index in [9.17, 15) is 19.2 Å². The van der Waals surface area contributed by atoms with Gasteiger partial charge in [0.05, 0.1) is 10.4 Å². The first-order chi connectivity index (χ1) is 13.6. The van der Waals surface area contributed by atoms with E-state index in [4.69, 9.17) is 11.2 Å². The summed E-state index contributed by atoms with van der Waals surface area (Å²) in [5, 5.41) is 0.459. The van der Waals surface area contributed by atoms with E-state index in [2.05, 4.69) is 0 Å². The van der Waals surface area contributed by atoms with Crippen molar-refractivity contribution >= 4 is 57.5 Å². The molecule has 0 aliphatic rings. The van der Waals surface area contributed by atoms with Crippen molar-refractivity contribution in [2.45, 2.75) is 0 Å². The molecule has 0 saturated carbocycles. The molecule has 0 fully saturated rings. The first kappa shape index (κ1) is 22.6. The normalized spacial score (nSPS) is 9.97. The Hall–Kier alpha value is -2.64. The van der Waals surface area contributed by atoms with Crippen molar-refractivity contribution in [2.24, 2.45) is 0 Å². The number of rotatable bonds is 3. The number of hydrogen-bond acceptors (Lipinski definition) is 4. The Balaban J connectivity index is 0.00000300. The minimum absolute atomic E-state index is 0. The molecule has 0 spiro atoms. The van der Waals surface area contributed by atoms with Crippen molar-refractivity contribution in [3.63, 3.8) is 0 Å². The van der Waals surface area contributed by atoms with Gasteiger partial charge in [-0.15, -0.1) is 0 Å². The Morgan fingerprint density at radius 1 is 0.621 bits per heavy atom. The maximum absolute atomic E-state index is 11.8. The van der Waals surface area contributed by atoms with Gasteiger partial charge >= 0.3 is 0 Å². The molecule has 1 radical (unpaired) electrons. The second-order valence-electron chi connectivity index (χ2n) is 5.74. The first-order valence-electron chi connectivity index (χ1n) is 8.06. The van der Waals surface area contributed by atoms with Crippen molar-refractivity contribution in [1.29, 1.82) is 0 Å². The summed E-state index contributed by atoms with van der Waals surface area (Å²) in [6, 6.07) is 19.4. The SMILES string of the molecule is O=C=c1cc([P+](Cl)(c2ccccc2)c2ccccc2)c(=C=O)c(=C=O)c1=C=O.[Re]. The Morgan fingerprint density at radius 2 is 1.07 bits per heavy atom. The Labute approximate surface area is 184 Å². The van der Waals surface area contributed by atoms with Crippen LogP contribution in [0.4, 0.5) is 0 Å². The van der Waals surface area contributed by atoms with E-state index in [0.29, 0.717) is 10.6 Å². The molecular formula is C22H11ClO4PRe+. The van der Waals surface area contributed by atoms with E-state index in [0.717, 1.165) is 0 Å². The quantitative estimate of drug-likeness (QED) is 0.336. The standard InChI is InChI=1S/C22H11ClO4P.Re/c23-28(17-7-3-1-4-8-17,18-9-5-2-6-10-18)22-11-16(12-24)19(13-25)20(14-26)21(22)15-27;/h1-11H;/q+1;. The predicted octanol–water partition coefficient (Wildman–Crippen LogP) is -1.86. The summed E-state index contributed by atoms with van der Waals surface area (Å²) in [6.07, 6.45) is 0. The molecule has 141 valence electrons. The molecule has 0 aliphatic heterocycles. The Morgan fingerprint density at radius 3 is 1.45 bits per heavy atom. The maximum atomic E-state index is 11.8. The topological polar surface area (TPSA) is 68.3 Å². The van der Waals surface area contributed by atoms with Gasteiger partial charge in [0, 0.05) is 26.5 Å². The van der Waals surface area contributed by atoms with Crippen LogP contribution in [0.15, 0.2) is 66.7 Å². The zero-order chi connectivity index (χ0) is 20.1. The van der Waals surface area contributed by atoms with Crippen molar-refractivity contribution in [2.75, 3.05) is 0 Å². The third-order valence-electron chi connectivity index (χ3n) is 4.28. The van der Waals surface area contributed by atoms with Crippen molar-refractivity contribution in [3.05, 3.63) is 87.6 Å². The van der Waals surface area contributed by atoms with Gasteiger partial charge in [-0.25, -0.2) is 19.2 Å². The second kappa shape index (κ2) is 9.72. The predicted molar refractivity (Wildman–Crippen MR) is 109 cm³/mol. The molecule has 0 aliphatic carbocycles. The molecule has 3 rings (SSSR count). The zero-order valence-corrected chi connectivity index (χ0v) is 19.1. The van der Waals surface area contributed by atoms with E-state index in [1.807, 2.05) is 12.1 Å². The van der Waals surface area contributed by atoms with Crippen LogP contribution in [0, 0.1) is 0 Å². The molecule has 0 amide bonds. The fourth-order valence-corrected chi connectivity index (χ4v) is 6.87. The van der Waals surface area contributed by atoms with Gasteiger partial charge in [-0.1, -0.05) is 36.4 Å². The van der Waals surface area contributed by atoms with E-state index in [1.165, 1.54) is 12.0 Å². The minimum Gasteiger partial charge on any atom is -0.233 e. The van der Waals surface area contributed by atoms with Crippen LogP contribution in [0.3, 0.4) is 0 Å². The second-order valence-corrected chi connectivity index (χ2v) is 9.95. The van der Waals surface area contributed by atoms with Crippen LogP contribution >= 0.6 is 17.9 Å². The molecule has 0 atom stereocenters. The minimum atomic E-state index is -2.97. The summed E-state index contributed by atoms with van der Waals surface area (Å²) >= 11 is 7.23. The van der Waals surface area contributed by atoms with Gasteiger partial charge in [0.1, 0.15) is 61.4 Å².